The molecule has 1 aliphatic rings. The summed E-state index contributed by atoms with van der Waals surface area (Å²) >= 11 is 0. The van der Waals surface area contributed by atoms with E-state index in [1.807, 2.05) is 0 Å². The molecule has 1 atom stereocenters. The van der Waals surface area contributed by atoms with Gasteiger partial charge in [-0.1, -0.05) is 91.0 Å². The van der Waals surface area contributed by atoms with Crippen LogP contribution in [0.15, 0.2) is 96.0 Å². The summed E-state index contributed by atoms with van der Waals surface area (Å²) in [5, 5.41) is 2.50. The molecule has 0 fully saturated rings. The van der Waals surface area contributed by atoms with E-state index in [0.29, 0.717) is 0 Å². The van der Waals surface area contributed by atoms with E-state index in [0.717, 1.165) is 0 Å². The van der Waals surface area contributed by atoms with Crippen molar-refractivity contribution >= 4 is 28.6 Å². The summed E-state index contributed by atoms with van der Waals surface area (Å²) in [6, 6.07) is 32.7. The molecule has 0 aromatic heterocycles. The van der Waals surface area contributed by atoms with Gasteiger partial charge in [0.25, 0.3) is 0 Å². The van der Waals surface area contributed by atoms with Crippen LogP contribution < -0.4 is 0 Å². The van der Waals surface area contributed by atoms with Crippen molar-refractivity contribution in [3.05, 3.63) is 119 Å². The zero-order valence-electron chi connectivity index (χ0n) is 18.3. The van der Waals surface area contributed by atoms with Gasteiger partial charge >= 0.3 is 0 Å². The molecule has 0 saturated carbocycles. The van der Waals surface area contributed by atoms with Crippen LogP contribution in [0.2, 0.25) is 0 Å². The average Bonchev–Trinajstić information content (AvgIpc) is 3.17. The van der Waals surface area contributed by atoms with Gasteiger partial charge in [-0.15, -0.1) is 0 Å². The Kier molecular flexibility index (Phi) is 4.82. The van der Waals surface area contributed by atoms with Crippen molar-refractivity contribution in [3.63, 3.8) is 0 Å². The zero-order chi connectivity index (χ0) is 21.4. The quantitative estimate of drug-likeness (QED) is 0.311. The SMILES string of the molecule is CC(C)(C)/N=C/c1c(C2C(c3ccccc3)=Cc3ccccc32)ccc2ccccc12. The minimum absolute atomic E-state index is 0.125. The molecule has 0 spiro atoms. The summed E-state index contributed by atoms with van der Waals surface area (Å²) in [4.78, 5) is 4.92. The first-order valence-corrected chi connectivity index (χ1v) is 10.9. The van der Waals surface area contributed by atoms with Gasteiger partial charge < -0.3 is 0 Å². The smallest absolute Gasteiger partial charge is 0.0524 e. The van der Waals surface area contributed by atoms with Crippen LogP contribution in [-0.2, 0) is 0 Å². The second-order valence-electron chi connectivity index (χ2n) is 9.25. The molecule has 0 heterocycles. The molecule has 1 aliphatic carbocycles. The lowest BCUT2D eigenvalue weighted by Gasteiger charge is -2.22. The van der Waals surface area contributed by atoms with Crippen LogP contribution in [0.25, 0.3) is 22.4 Å². The first-order chi connectivity index (χ1) is 15.0. The molecule has 0 aliphatic heterocycles. The van der Waals surface area contributed by atoms with E-state index in [9.17, 15) is 0 Å². The van der Waals surface area contributed by atoms with Crippen LogP contribution in [-0.4, -0.2) is 11.8 Å². The molecular formula is C30H27N. The summed E-state index contributed by atoms with van der Waals surface area (Å²) in [6.07, 6.45) is 4.45. The Morgan fingerprint density at radius 3 is 2.23 bits per heavy atom. The molecule has 152 valence electrons. The highest BCUT2D eigenvalue weighted by molar-refractivity contribution is 6.04. The summed E-state index contributed by atoms with van der Waals surface area (Å²) in [6.45, 7) is 6.44. The molecule has 31 heavy (non-hydrogen) atoms. The van der Waals surface area contributed by atoms with Gasteiger partial charge in [0, 0.05) is 17.7 Å². The average molecular weight is 402 g/mol. The van der Waals surface area contributed by atoms with E-state index in [1.54, 1.807) is 0 Å². The lowest BCUT2D eigenvalue weighted by Crippen LogP contribution is -2.11. The minimum atomic E-state index is -0.125. The van der Waals surface area contributed by atoms with Crippen molar-refractivity contribution in [2.75, 3.05) is 0 Å². The largest absolute Gasteiger partial charge is 0.287 e. The van der Waals surface area contributed by atoms with Gasteiger partial charge in [-0.3, -0.25) is 4.99 Å². The molecule has 0 N–H and O–H groups in total. The topological polar surface area (TPSA) is 12.4 Å². The van der Waals surface area contributed by atoms with Crippen LogP contribution in [0.3, 0.4) is 0 Å². The monoisotopic (exact) mass is 401 g/mol. The van der Waals surface area contributed by atoms with Gasteiger partial charge in [-0.05, 0) is 65.4 Å². The lowest BCUT2D eigenvalue weighted by atomic mass is 9.82. The highest BCUT2D eigenvalue weighted by Gasteiger charge is 2.29. The maximum atomic E-state index is 4.92. The molecule has 4 aromatic rings. The Labute approximate surface area is 184 Å². The fraction of sp³-hybridized carbons (Fsp3) is 0.167. The molecule has 0 amide bonds. The normalized spacial score (nSPS) is 16.0. The van der Waals surface area contributed by atoms with E-state index in [-0.39, 0.29) is 11.5 Å². The van der Waals surface area contributed by atoms with Crippen LogP contribution >= 0.6 is 0 Å². The predicted octanol–water partition coefficient (Wildman–Crippen LogP) is 7.74. The maximum Gasteiger partial charge on any atom is 0.0524 e. The van der Waals surface area contributed by atoms with Crippen LogP contribution in [0, 0.1) is 0 Å². The minimum Gasteiger partial charge on any atom is -0.287 e. The zero-order valence-corrected chi connectivity index (χ0v) is 18.3. The fourth-order valence-electron chi connectivity index (χ4n) is 4.51. The Balaban J connectivity index is 1.77. The molecule has 4 aromatic carbocycles. The molecular weight excluding hydrogens is 374 g/mol. The number of benzene rings is 4. The molecule has 5 rings (SSSR count). The Bertz CT molecular complexity index is 1300. The molecule has 0 radical (unpaired) electrons. The number of nitrogens with zero attached hydrogens (tertiary/aromatic N) is 1. The van der Waals surface area contributed by atoms with Crippen LogP contribution in [0.4, 0.5) is 0 Å². The summed E-state index contributed by atoms with van der Waals surface area (Å²) in [5.74, 6) is 0.185. The fourth-order valence-corrected chi connectivity index (χ4v) is 4.51. The Hall–Kier alpha value is -3.45. The Morgan fingerprint density at radius 1 is 0.710 bits per heavy atom. The third-order valence-corrected chi connectivity index (χ3v) is 5.93. The van der Waals surface area contributed by atoms with E-state index < -0.39 is 0 Å². The number of aliphatic imine (C=N–C) groups is 1. The van der Waals surface area contributed by atoms with E-state index in [2.05, 4.69) is 124 Å². The standard InChI is InChI=1S/C30H27N/c1-30(2,3)31-20-28-24-15-9-7-13-22(24)17-18-26(28)29-25-16-10-8-14-23(25)19-27(29)21-11-5-4-6-12-21/h4-20,29H,1-3H3/b31-20+. The summed E-state index contributed by atoms with van der Waals surface area (Å²) in [5.41, 5.74) is 7.70. The molecule has 1 heteroatoms. The second kappa shape index (κ2) is 7.67. The van der Waals surface area contributed by atoms with E-state index in [4.69, 9.17) is 4.99 Å². The summed E-state index contributed by atoms with van der Waals surface area (Å²) < 4.78 is 0. The highest BCUT2D eigenvalue weighted by Crippen LogP contribution is 2.47. The number of rotatable bonds is 3. The van der Waals surface area contributed by atoms with Gasteiger partial charge in [-0.25, -0.2) is 0 Å². The van der Waals surface area contributed by atoms with Gasteiger partial charge in [0.2, 0.25) is 0 Å². The first kappa shape index (κ1) is 19.5. The highest BCUT2D eigenvalue weighted by atomic mass is 14.8. The number of fused-ring (bicyclic) bond motifs is 2. The first-order valence-electron chi connectivity index (χ1n) is 10.9. The van der Waals surface area contributed by atoms with Gasteiger partial charge in [0.15, 0.2) is 0 Å². The molecule has 0 bridgehead atoms. The predicted molar refractivity (Wildman–Crippen MR) is 134 cm³/mol. The molecule has 1 nitrogen and oxygen atoms in total. The second-order valence-corrected chi connectivity index (χ2v) is 9.25. The number of allylic oxidation sites excluding steroid dienone is 1. The van der Waals surface area contributed by atoms with Crippen molar-refractivity contribution in [2.45, 2.75) is 32.2 Å². The van der Waals surface area contributed by atoms with Crippen molar-refractivity contribution < 1.29 is 0 Å². The van der Waals surface area contributed by atoms with Crippen molar-refractivity contribution in [1.29, 1.82) is 0 Å². The Morgan fingerprint density at radius 2 is 1.42 bits per heavy atom. The third-order valence-electron chi connectivity index (χ3n) is 5.93. The lowest BCUT2D eigenvalue weighted by molar-refractivity contribution is 0.586. The van der Waals surface area contributed by atoms with Crippen molar-refractivity contribution in [2.24, 2.45) is 4.99 Å². The van der Waals surface area contributed by atoms with Crippen molar-refractivity contribution in [3.8, 4) is 0 Å². The number of hydrogen-bond acceptors (Lipinski definition) is 1. The van der Waals surface area contributed by atoms with Gasteiger partial charge in [0.05, 0.1) is 5.54 Å². The molecule has 0 saturated heterocycles. The van der Waals surface area contributed by atoms with Crippen LogP contribution in [0.1, 0.15) is 54.5 Å². The molecule has 1 unspecified atom stereocenters. The summed E-state index contributed by atoms with van der Waals surface area (Å²) in [7, 11) is 0. The van der Waals surface area contributed by atoms with E-state index in [1.165, 1.54) is 44.2 Å². The van der Waals surface area contributed by atoms with Crippen LogP contribution in [0.5, 0.6) is 0 Å². The van der Waals surface area contributed by atoms with E-state index >= 15 is 0 Å². The van der Waals surface area contributed by atoms with Gasteiger partial charge in [0.1, 0.15) is 0 Å². The number of hydrogen-bond donors (Lipinski definition) is 0. The van der Waals surface area contributed by atoms with Crippen molar-refractivity contribution in [1.82, 2.24) is 0 Å². The maximum absolute atomic E-state index is 4.92. The van der Waals surface area contributed by atoms with Gasteiger partial charge in [-0.2, -0.15) is 0 Å². The third kappa shape index (κ3) is 3.72.